The Balaban J connectivity index is 1.39. The van der Waals surface area contributed by atoms with E-state index in [0.29, 0.717) is 12.3 Å². The van der Waals surface area contributed by atoms with Crippen molar-refractivity contribution in [3.8, 4) is 0 Å². The van der Waals surface area contributed by atoms with Gasteiger partial charge in [0.05, 0.1) is 5.71 Å². The molecule has 2 unspecified atom stereocenters. The summed E-state index contributed by atoms with van der Waals surface area (Å²) in [5.74, 6) is 0.603. The van der Waals surface area contributed by atoms with Gasteiger partial charge in [0.15, 0.2) is 0 Å². The Morgan fingerprint density at radius 2 is 1.88 bits per heavy atom. The van der Waals surface area contributed by atoms with E-state index < -0.39 is 0 Å². The maximum Gasteiger partial charge on any atom is 0.224 e. The van der Waals surface area contributed by atoms with Crippen LogP contribution in [-0.4, -0.2) is 34.2 Å². The number of nitrogens with one attached hydrogen (secondary N) is 1. The molecule has 1 fully saturated rings. The molecule has 0 radical (unpaired) electrons. The van der Waals surface area contributed by atoms with Gasteiger partial charge < -0.3 is 4.90 Å². The Labute approximate surface area is 141 Å². The molecule has 24 heavy (non-hydrogen) atoms. The summed E-state index contributed by atoms with van der Waals surface area (Å²) in [4.78, 5) is 18.4. The summed E-state index contributed by atoms with van der Waals surface area (Å²) < 4.78 is 0. The summed E-state index contributed by atoms with van der Waals surface area (Å²) in [6, 6.07) is 14.3. The summed E-state index contributed by atoms with van der Waals surface area (Å²) in [5.41, 5.74) is 6.48. The lowest BCUT2D eigenvalue weighted by molar-refractivity contribution is -0.130. The van der Waals surface area contributed by atoms with Gasteiger partial charge in [-0.3, -0.25) is 15.2 Å². The third-order valence-electron chi connectivity index (χ3n) is 4.73. The molecule has 122 valence electrons. The highest BCUT2D eigenvalue weighted by Crippen LogP contribution is 2.26. The minimum Gasteiger partial charge on any atom is -0.320 e. The first-order valence-electron chi connectivity index (χ1n) is 8.35. The molecule has 0 saturated carbocycles. The number of hydrogen-bond acceptors (Lipinski definition) is 4. The number of likely N-dealkylation sites (tertiary alicyclic amines) is 1. The van der Waals surface area contributed by atoms with Gasteiger partial charge in [0, 0.05) is 37.3 Å². The van der Waals surface area contributed by atoms with Crippen LogP contribution in [0.4, 0.5) is 0 Å². The number of nitrogens with zero attached hydrogens (tertiary/aromatic N) is 3. The molecule has 0 aliphatic carbocycles. The smallest absolute Gasteiger partial charge is 0.224 e. The van der Waals surface area contributed by atoms with Crippen LogP contribution in [0.1, 0.15) is 24.0 Å². The lowest BCUT2D eigenvalue weighted by Crippen LogP contribution is -2.42. The van der Waals surface area contributed by atoms with Crippen LogP contribution in [0.3, 0.4) is 0 Å². The van der Waals surface area contributed by atoms with E-state index in [9.17, 15) is 4.79 Å². The maximum absolute atomic E-state index is 12.4. The van der Waals surface area contributed by atoms with Crippen molar-refractivity contribution >= 4 is 11.6 Å². The van der Waals surface area contributed by atoms with E-state index in [1.54, 1.807) is 12.4 Å². The van der Waals surface area contributed by atoms with Crippen LogP contribution in [0.2, 0.25) is 0 Å². The lowest BCUT2D eigenvalue weighted by Gasteiger charge is -2.24. The van der Waals surface area contributed by atoms with Crippen molar-refractivity contribution in [2.24, 2.45) is 11.0 Å². The predicted octanol–water partition coefficient (Wildman–Crippen LogP) is 2.20. The van der Waals surface area contributed by atoms with E-state index in [4.69, 9.17) is 0 Å². The molecular weight excluding hydrogens is 300 g/mol. The van der Waals surface area contributed by atoms with Crippen molar-refractivity contribution in [3.63, 3.8) is 0 Å². The highest BCUT2D eigenvalue weighted by molar-refractivity contribution is 6.01. The Morgan fingerprint density at radius 3 is 2.67 bits per heavy atom. The second-order valence-electron chi connectivity index (χ2n) is 6.45. The minimum atomic E-state index is -0.0264. The van der Waals surface area contributed by atoms with Crippen LogP contribution in [-0.2, 0) is 11.2 Å². The minimum absolute atomic E-state index is 0.0264. The summed E-state index contributed by atoms with van der Waals surface area (Å²) >= 11 is 0. The molecule has 1 N–H and O–H groups in total. The molecule has 1 amide bonds. The Kier molecular flexibility index (Phi) is 3.99. The fraction of sp³-hybridized carbons (Fsp3) is 0.316. The van der Waals surface area contributed by atoms with E-state index in [2.05, 4.69) is 39.8 Å². The number of aromatic nitrogens is 1. The Hall–Kier alpha value is -2.69. The number of pyridine rings is 1. The Morgan fingerprint density at radius 1 is 1.08 bits per heavy atom. The van der Waals surface area contributed by atoms with E-state index in [0.717, 1.165) is 30.7 Å². The zero-order valence-electron chi connectivity index (χ0n) is 13.4. The summed E-state index contributed by atoms with van der Waals surface area (Å²) in [6.07, 6.45) is 5.82. The second kappa shape index (κ2) is 6.43. The fourth-order valence-electron chi connectivity index (χ4n) is 3.53. The van der Waals surface area contributed by atoms with Crippen molar-refractivity contribution < 1.29 is 4.79 Å². The van der Waals surface area contributed by atoms with Gasteiger partial charge in [-0.15, -0.1) is 0 Å². The summed E-state index contributed by atoms with van der Waals surface area (Å²) in [5, 5.41) is 4.42. The molecule has 1 aromatic carbocycles. The Bertz CT molecular complexity index is 744. The third-order valence-corrected chi connectivity index (χ3v) is 4.73. The van der Waals surface area contributed by atoms with Crippen molar-refractivity contribution in [1.82, 2.24) is 15.3 Å². The first-order valence-corrected chi connectivity index (χ1v) is 8.35. The predicted molar refractivity (Wildman–Crippen MR) is 92.3 cm³/mol. The molecule has 2 aliphatic heterocycles. The van der Waals surface area contributed by atoms with Crippen molar-refractivity contribution in [2.75, 3.05) is 6.54 Å². The van der Waals surface area contributed by atoms with Crippen LogP contribution in [0.15, 0.2) is 60.0 Å². The highest BCUT2D eigenvalue weighted by Gasteiger charge is 2.36. The van der Waals surface area contributed by atoms with Crippen LogP contribution < -0.4 is 5.43 Å². The van der Waals surface area contributed by atoms with Crippen molar-refractivity contribution in [2.45, 2.75) is 25.4 Å². The summed E-state index contributed by atoms with van der Waals surface area (Å²) in [6.45, 7) is 0.796. The van der Waals surface area contributed by atoms with Crippen molar-refractivity contribution in [1.29, 1.82) is 0 Å². The van der Waals surface area contributed by atoms with Crippen LogP contribution >= 0.6 is 0 Å². The quantitative estimate of drug-likeness (QED) is 0.939. The standard InChI is InChI=1S/C19H20N4O/c24-19-11-15(10-14-4-2-1-3-5-14)13-23(19)18-12-17(21-22-18)16-6-8-20-9-7-16/h1-9,15,18,22H,10-13H2. The van der Waals surface area contributed by atoms with Crippen LogP contribution in [0.5, 0.6) is 0 Å². The molecule has 5 nitrogen and oxygen atoms in total. The number of amides is 1. The van der Waals surface area contributed by atoms with Gasteiger partial charge in [0.2, 0.25) is 5.91 Å². The molecule has 4 rings (SSSR count). The van der Waals surface area contributed by atoms with E-state index in [1.165, 1.54) is 5.56 Å². The largest absolute Gasteiger partial charge is 0.320 e. The van der Waals surface area contributed by atoms with Gasteiger partial charge >= 0.3 is 0 Å². The normalized spacial score (nSPS) is 23.2. The van der Waals surface area contributed by atoms with Crippen LogP contribution in [0, 0.1) is 5.92 Å². The molecule has 1 saturated heterocycles. The van der Waals surface area contributed by atoms with Gasteiger partial charge in [-0.05, 0) is 30.0 Å². The first kappa shape index (κ1) is 14.9. The molecular formula is C19H20N4O. The number of carbonyl (C=O) groups excluding carboxylic acids is 1. The van der Waals surface area contributed by atoms with Gasteiger partial charge in [0.1, 0.15) is 6.17 Å². The number of hydrazone groups is 1. The molecule has 0 bridgehead atoms. The second-order valence-corrected chi connectivity index (χ2v) is 6.45. The number of hydrogen-bond donors (Lipinski definition) is 1. The number of rotatable bonds is 4. The van der Waals surface area contributed by atoms with Crippen LogP contribution in [0.25, 0.3) is 0 Å². The maximum atomic E-state index is 12.4. The monoisotopic (exact) mass is 320 g/mol. The number of benzene rings is 1. The zero-order valence-corrected chi connectivity index (χ0v) is 13.4. The average Bonchev–Trinajstić information content (AvgIpc) is 3.23. The molecule has 5 heteroatoms. The van der Waals surface area contributed by atoms with E-state index >= 15 is 0 Å². The molecule has 2 atom stereocenters. The summed E-state index contributed by atoms with van der Waals surface area (Å²) in [7, 11) is 0. The van der Waals surface area contributed by atoms with E-state index in [-0.39, 0.29) is 12.1 Å². The average molecular weight is 320 g/mol. The first-order chi connectivity index (χ1) is 11.8. The van der Waals surface area contributed by atoms with Gasteiger partial charge in [-0.2, -0.15) is 5.10 Å². The molecule has 1 aromatic heterocycles. The number of carbonyl (C=O) groups is 1. The molecule has 2 aromatic rings. The van der Waals surface area contributed by atoms with E-state index in [1.807, 2.05) is 23.1 Å². The third kappa shape index (κ3) is 3.02. The molecule has 2 aliphatic rings. The van der Waals surface area contributed by atoms with Gasteiger partial charge in [-0.25, -0.2) is 0 Å². The lowest BCUT2D eigenvalue weighted by atomic mass is 9.99. The molecule has 3 heterocycles. The molecule has 0 spiro atoms. The van der Waals surface area contributed by atoms with Gasteiger partial charge in [-0.1, -0.05) is 30.3 Å². The topological polar surface area (TPSA) is 57.6 Å². The zero-order chi connectivity index (χ0) is 16.4. The fourth-order valence-corrected chi connectivity index (χ4v) is 3.53. The highest BCUT2D eigenvalue weighted by atomic mass is 16.2. The van der Waals surface area contributed by atoms with Crippen molar-refractivity contribution in [3.05, 3.63) is 66.0 Å². The van der Waals surface area contributed by atoms with Gasteiger partial charge in [0.25, 0.3) is 0 Å². The SMILES string of the molecule is O=C1CC(Cc2ccccc2)CN1C1CC(c2ccncc2)=NN1.